The van der Waals surface area contributed by atoms with Crippen LogP contribution in [0.4, 0.5) is 0 Å². The van der Waals surface area contributed by atoms with Gasteiger partial charge in [-0.2, -0.15) is 0 Å². The van der Waals surface area contributed by atoms with Crippen LogP contribution < -0.4 is 0 Å². The molecule has 1 aromatic rings. The number of carbonyl (C=O) groups excluding carboxylic acids is 1. The van der Waals surface area contributed by atoms with Crippen molar-refractivity contribution < 1.29 is 9.53 Å². The minimum Gasteiger partial charge on any atom is -0.459 e. The van der Waals surface area contributed by atoms with Crippen LogP contribution in [0.1, 0.15) is 28.4 Å². The first kappa shape index (κ1) is 9.00. The Balaban J connectivity index is 2.48. The molecule has 72 valence electrons. The van der Waals surface area contributed by atoms with Gasteiger partial charge in [0.05, 0.1) is 5.56 Å². The zero-order chi connectivity index (χ0) is 10.1. The van der Waals surface area contributed by atoms with E-state index in [-0.39, 0.29) is 12.1 Å². The first-order valence-electron chi connectivity index (χ1n) is 4.67. The summed E-state index contributed by atoms with van der Waals surface area (Å²) >= 11 is 0. The van der Waals surface area contributed by atoms with E-state index in [2.05, 4.69) is 6.58 Å². The largest absolute Gasteiger partial charge is 0.459 e. The normalized spacial score (nSPS) is 19.8. The maximum absolute atomic E-state index is 11.4. The zero-order valence-electron chi connectivity index (χ0n) is 8.12. The molecular weight excluding hydrogens is 176 g/mol. The molecule has 0 amide bonds. The fraction of sp³-hybridized carbons (Fsp3) is 0.250. The number of cyclic esters (lactones) is 1. The average Bonchev–Trinajstić information content (AvgIpc) is 2.16. The SMILES string of the molecule is C=Cc1ccc2c(c1)C[C@H](C)OC2=O. The lowest BCUT2D eigenvalue weighted by atomic mass is 9.97. The van der Waals surface area contributed by atoms with Crippen molar-refractivity contribution in [3.05, 3.63) is 41.5 Å². The van der Waals surface area contributed by atoms with Gasteiger partial charge in [0.15, 0.2) is 0 Å². The van der Waals surface area contributed by atoms with Gasteiger partial charge in [0, 0.05) is 6.42 Å². The number of benzene rings is 1. The van der Waals surface area contributed by atoms with Crippen molar-refractivity contribution in [1.82, 2.24) is 0 Å². The second-order valence-electron chi connectivity index (χ2n) is 3.54. The van der Waals surface area contributed by atoms with Gasteiger partial charge in [0.1, 0.15) is 6.10 Å². The van der Waals surface area contributed by atoms with E-state index in [0.29, 0.717) is 5.56 Å². The van der Waals surface area contributed by atoms with Gasteiger partial charge in [0.25, 0.3) is 0 Å². The predicted molar refractivity (Wildman–Crippen MR) is 55.1 cm³/mol. The number of hydrogen-bond acceptors (Lipinski definition) is 2. The molecule has 1 aromatic carbocycles. The van der Waals surface area contributed by atoms with Crippen LogP contribution in [0.5, 0.6) is 0 Å². The molecule has 1 heterocycles. The van der Waals surface area contributed by atoms with Gasteiger partial charge in [-0.1, -0.05) is 24.8 Å². The number of hydrogen-bond donors (Lipinski definition) is 0. The molecule has 0 spiro atoms. The Bertz CT molecular complexity index is 393. The molecule has 0 bridgehead atoms. The fourth-order valence-electron chi connectivity index (χ4n) is 1.71. The van der Waals surface area contributed by atoms with Gasteiger partial charge in [-0.3, -0.25) is 0 Å². The van der Waals surface area contributed by atoms with E-state index in [1.807, 2.05) is 19.1 Å². The first-order valence-corrected chi connectivity index (χ1v) is 4.67. The lowest BCUT2D eigenvalue weighted by Crippen LogP contribution is -2.25. The monoisotopic (exact) mass is 188 g/mol. The summed E-state index contributed by atoms with van der Waals surface area (Å²) in [5, 5.41) is 0. The van der Waals surface area contributed by atoms with Crippen LogP contribution in [0.3, 0.4) is 0 Å². The second kappa shape index (κ2) is 3.29. The molecule has 2 nitrogen and oxygen atoms in total. The summed E-state index contributed by atoms with van der Waals surface area (Å²) in [5.74, 6) is -0.214. The summed E-state index contributed by atoms with van der Waals surface area (Å²) in [5.41, 5.74) is 2.80. The lowest BCUT2D eigenvalue weighted by molar-refractivity contribution is 0.0301. The highest BCUT2D eigenvalue weighted by molar-refractivity contribution is 5.92. The Morgan fingerprint density at radius 3 is 3.07 bits per heavy atom. The van der Waals surface area contributed by atoms with Crippen LogP contribution in [0, 0.1) is 0 Å². The van der Waals surface area contributed by atoms with Crippen LogP contribution in [0.2, 0.25) is 0 Å². The van der Waals surface area contributed by atoms with Crippen molar-refractivity contribution in [3.63, 3.8) is 0 Å². The van der Waals surface area contributed by atoms with Crippen LogP contribution in [-0.2, 0) is 11.2 Å². The summed E-state index contributed by atoms with van der Waals surface area (Å²) < 4.78 is 5.12. The number of carbonyl (C=O) groups is 1. The van der Waals surface area contributed by atoms with E-state index in [9.17, 15) is 4.79 Å². The molecule has 0 aromatic heterocycles. The lowest BCUT2D eigenvalue weighted by Gasteiger charge is -2.21. The van der Waals surface area contributed by atoms with Gasteiger partial charge in [-0.15, -0.1) is 0 Å². The van der Waals surface area contributed by atoms with Crippen molar-refractivity contribution in [2.24, 2.45) is 0 Å². The first-order chi connectivity index (χ1) is 6.70. The molecule has 14 heavy (non-hydrogen) atoms. The van der Waals surface area contributed by atoms with Crippen LogP contribution in [0.15, 0.2) is 24.8 Å². The van der Waals surface area contributed by atoms with E-state index in [1.165, 1.54) is 0 Å². The third-order valence-corrected chi connectivity index (χ3v) is 2.40. The van der Waals surface area contributed by atoms with E-state index < -0.39 is 0 Å². The number of esters is 1. The van der Waals surface area contributed by atoms with Gasteiger partial charge in [-0.05, 0) is 24.1 Å². The Morgan fingerprint density at radius 2 is 2.36 bits per heavy atom. The smallest absolute Gasteiger partial charge is 0.338 e. The zero-order valence-corrected chi connectivity index (χ0v) is 8.12. The minimum atomic E-state index is -0.214. The maximum atomic E-state index is 11.4. The van der Waals surface area contributed by atoms with Crippen molar-refractivity contribution in [3.8, 4) is 0 Å². The van der Waals surface area contributed by atoms with Gasteiger partial charge in [-0.25, -0.2) is 4.79 Å². The Morgan fingerprint density at radius 1 is 1.57 bits per heavy atom. The molecule has 0 aliphatic carbocycles. The summed E-state index contributed by atoms with van der Waals surface area (Å²) in [6.45, 7) is 5.61. The Labute approximate surface area is 83.2 Å². The summed E-state index contributed by atoms with van der Waals surface area (Å²) in [7, 11) is 0. The van der Waals surface area contributed by atoms with Gasteiger partial charge >= 0.3 is 5.97 Å². The summed E-state index contributed by atoms with van der Waals surface area (Å²) in [6, 6.07) is 5.68. The van der Waals surface area contributed by atoms with Crippen molar-refractivity contribution in [2.45, 2.75) is 19.4 Å². The minimum absolute atomic E-state index is 0.0185. The Hall–Kier alpha value is -1.57. The van der Waals surface area contributed by atoms with E-state index >= 15 is 0 Å². The standard InChI is InChI=1S/C12H12O2/c1-3-9-4-5-11-10(7-9)6-8(2)14-12(11)13/h3-5,7-8H,1,6H2,2H3/t8-/m0/s1. The van der Waals surface area contributed by atoms with Crippen LogP contribution in [-0.4, -0.2) is 12.1 Å². The van der Waals surface area contributed by atoms with Gasteiger partial charge in [0.2, 0.25) is 0 Å². The van der Waals surface area contributed by atoms with E-state index in [0.717, 1.165) is 17.5 Å². The molecule has 0 saturated carbocycles. The average molecular weight is 188 g/mol. The summed E-state index contributed by atoms with van der Waals surface area (Å²) in [6.07, 6.45) is 2.56. The van der Waals surface area contributed by atoms with Crippen LogP contribution in [0.25, 0.3) is 6.08 Å². The highest BCUT2D eigenvalue weighted by Crippen LogP contribution is 2.22. The van der Waals surface area contributed by atoms with Crippen LogP contribution >= 0.6 is 0 Å². The molecule has 0 saturated heterocycles. The molecule has 0 unspecified atom stereocenters. The van der Waals surface area contributed by atoms with E-state index in [4.69, 9.17) is 4.74 Å². The third kappa shape index (κ3) is 1.43. The maximum Gasteiger partial charge on any atom is 0.338 e. The fourth-order valence-corrected chi connectivity index (χ4v) is 1.71. The topological polar surface area (TPSA) is 26.3 Å². The number of rotatable bonds is 1. The number of fused-ring (bicyclic) bond motifs is 1. The van der Waals surface area contributed by atoms with Gasteiger partial charge < -0.3 is 4.74 Å². The Kier molecular flexibility index (Phi) is 2.12. The molecule has 0 N–H and O–H groups in total. The summed E-state index contributed by atoms with van der Waals surface area (Å²) in [4.78, 5) is 11.4. The molecule has 1 aliphatic rings. The molecule has 2 heteroatoms. The molecule has 0 fully saturated rings. The highest BCUT2D eigenvalue weighted by atomic mass is 16.5. The number of ether oxygens (including phenoxy) is 1. The molecular formula is C12H12O2. The van der Waals surface area contributed by atoms with Crippen molar-refractivity contribution >= 4 is 12.0 Å². The highest BCUT2D eigenvalue weighted by Gasteiger charge is 2.22. The van der Waals surface area contributed by atoms with Crippen molar-refractivity contribution in [1.29, 1.82) is 0 Å². The van der Waals surface area contributed by atoms with E-state index in [1.54, 1.807) is 12.1 Å². The quantitative estimate of drug-likeness (QED) is 0.633. The second-order valence-corrected chi connectivity index (χ2v) is 3.54. The molecule has 1 aliphatic heterocycles. The van der Waals surface area contributed by atoms with Crippen molar-refractivity contribution in [2.75, 3.05) is 0 Å². The predicted octanol–water partition coefficient (Wildman–Crippen LogP) is 2.43. The molecule has 1 atom stereocenters. The third-order valence-electron chi connectivity index (χ3n) is 2.40. The molecule has 0 radical (unpaired) electrons. The molecule has 2 rings (SSSR count).